The molecule has 0 spiro atoms. The van der Waals surface area contributed by atoms with E-state index in [9.17, 15) is 0 Å². The van der Waals surface area contributed by atoms with E-state index < -0.39 is 0 Å². The first-order valence-electron chi connectivity index (χ1n) is 19.9. The number of furan rings is 1. The standard InChI is InChI=1S/C53H32N6O/c1-3-14-33(15-4-1)38-18-7-9-20-40(38)51-54-52(56-53(55-51)43-23-13-25-47-49(43)42-22-11-12-24-46(42)60-47)41-21-10-8-19-39(41)36-29-27-34-26-28-35-30-31-45-50(48(35)44(34)32-36)58-59(57-45)37-16-5-2-6-17-37/h1-32H. The van der Waals surface area contributed by atoms with Crippen molar-refractivity contribution in [2.24, 2.45) is 0 Å². The van der Waals surface area contributed by atoms with Crippen molar-refractivity contribution in [1.29, 1.82) is 0 Å². The summed E-state index contributed by atoms with van der Waals surface area (Å²) in [5.41, 5.74) is 11.1. The molecule has 60 heavy (non-hydrogen) atoms. The van der Waals surface area contributed by atoms with Gasteiger partial charge >= 0.3 is 0 Å². The zero-order valence-electron chi connectivity index (χ0n) is 32.1. The number of aromatic nitrogens is 6. The maximum absolute atomic E-state index is 6.33. The molecular formula is C53H32N6O. The summed E-state index contributed by atoms with van der Waals surface area (Å²) in [7, 11) is 0. The molecule has 9 aromatic carbocycles. The first-order chi connectivity index (χ1) is 29.7. The van der Waals surface area contributed by atoms with Crippen LogP contribution in [0.1, 0.15) is 0 Å². The largest absolute Gasteiger partial charge is 0.456 e. The number of hydrogen-bond acceptors (Lipinski definition) is 6. The minimum absolute atomic E-state index is 0.568. The fourth-order valence-corrected chi connectivity index (χ4v) is 8.54. The van der Waals surface area contributed by atoms with Crippen molar-refractivity contribution in [2.75, 3.05) is 0 Å². The summed E-state index contributed by atoms with van der Waals surface area (Å²) >= 11 is 0. The number of hydrogen-bond donors (Lipinski definition) is 0. The summed E-state index contributed by atoms with van der Waals surface area (Å²) < 4.78 is 6.33. The van der Waals surface area contributed by atoms with Crippen LogP contribution in [0.25, 0.3) is 117 Å². The Kier molecular flexibility index (Phi) is 7.71. The van der Waals surface area contributed by atoms with Gasteiger partial charge < -0.3 is 4.42 Å². The molecule has 0 bridgehead atoms. The lowest BCUT2D eigenvalue weighted by atomic mass is 9.94. The normalized spacial score (nSPS) is 11.7. The Balaban J connectivity index is 1.09. The van der Waals surface area contributed by atoms with Gasteiger partial charge in [-0.05, 0) is 74.8 Å². The molecule has 0 saturated carbocycles. The molecular weight excluding hydrogens is 737 g/mol. The van der Waals surface area contributed by atoms with Gasteiger partial charge in [0, 0.05) is 32.8 Å². The Morgan fingerprint density at radius 3 is 1.70 bits per heavy atom. The predicted molar refractivity (Wildman–Crippen MR) is 242 cm³/mol. The number of rotatable bonds is 6. The van der Waals surface area contributed by atoms with Crippen molar-refractivity contribution in [3.8, 4) is 62.1 Å². The highest BCUT2D eigenvalue weighted by Gasteiger charge is 2.21. The lowest BCUT2D eigenvalue weighted by molar-refractivity contribution is 0.669. The molecule has 0 atom stereocenters. The molecule has 0 aliphatic rings. The van der Waals surface area contributed by atoms with Crippen LogP contribution in [-0.2, 0) is 0 Å². The Labute approximate surface area is 343 Å². The quantitative estimate of drug-likeness (QED) is 0.157. The molecule has 7 nitrogen and oxygen atoms in total. The van der Waals surface area contributed by atoms with Crippen LogP contribution in [0.15, 0.2) is 199 Å². The van der Waals surface area contributed by atoms with E-state index in [-0.39, 0.29) is 0 Å². The molecule has 12 rings (SSSR count). The van der Waals surface area contributed by atoms with Gasteiger partial charge in [-0.25, -0.2) is 15.0 Å². The number of fused-ring (bicyclic) bond motifs is 8. The van der Waals surface area contributed by atoms with Gasteiger partial charge in [0.2, 0.25) is 0 Å². The molecule has 7 heteroatoms. The van der Waals surface area contributed by atoms with E-state index >= 15 is 0 Å². The predicted octanol–water partition coefficient (Wildman–Crippen LogP) is 13.1. The fourth-order valence-electron chi connectivity index (χ4n) is 8.54. The average Bonchev–Trinajstić information content (AvgIpc) is 3.94. The molecule has 0 aliphatic heterocycles. The third kappa shape index (κ3) is 5.56. The highest BCUT2D eigenvalue weighted by Crippen LogP contribution is 2.40. The molecule has 0 aliphatic carbocycles. The average molecular weight is 769 g/mol. The fraction of sp³-hybridized carbons (Fsp3) is 0. The van der Waals surface area contributed by atoms with Crippen molar-refractivity contribution >= 4 is 54.5 Å². The summed E-state index contributed by atoms with van der Waals surface area (Å²) in [6.45, 7) is 0. The van der Waals surface area contributed by atoms with Gasteiger partial charge in [-0.3, -0.25) is 0 Å². The molecule has 3 heterocycles. The Hall–Kier alpha value is -8.29. The molecule has 280 valence electrons. The monoisotopic (exact) mass is 768 g/mol. The summed E-state index contributed by atoms with van der Waals surface area (Å²) in [6.07, 6.45) is 0. The Bertz CT molecular complexity index is 3610. The summed E-state index contributed by atoms with van der Waals surface area (Å²) in [4.78, 5) is 17.6. The summed E-state index contributed by atoms with van der Waals surface area (Å²) in [5.74, 6) is 1.73. The van der Waals surface area contributed by atoms with Crippen molar-refractivity contribution < 1.29 is 4.42 Å². The van der Waals surface area contributed by atoms with Crippen LogP contribution in [0.4, 0.5) is 0 Å². The van der Waals surface area contributed by atoms with Crippen LogP contribution >= 0.6 is 0 Å². The van der Waals surface area contributed by atoms with Crippen molar-refractivity contribution in [1.82, 2.24) is 29.9 Å². The lowest BCUT2D eigenvalue weighted by Gasteiger charge is -2.15. The van der Waals surface area contributed by atoms with Crippen molar-refractivity contribution in [3.63, 3.8) is 0 Å². The van der Waals surface area contributed by atoms with Gasteiger partial charge in [0.15, 0.2) is 17.5 Å². The minimum atomic E-state index is 0.568. The van der Waals surface area contributed by atoms with E-state index in [2.05, 4.69) is 109 Å². The zero-order valence-corrected chi connectivity index (χ0v) is 32.1. The van der Waals surface area contributed by atoms with Crippen LogP contribution in [0.2, 0.25) is 0 Å². The van der Waals surface area contributed by atoms with Gasteiger partial charge in [0.05, 0.1) is 5.69 Å². The van der Waals surface area contributed by atoms with Crippen LogP contribution < -0.4 is 0 Å². The van der Waals surface area contributed by atoms with Gasteiger partial charge in [0.1, 0.15) is 22.2 Å². The Morgan fingerprint density at radius 1 is 0.367 bits per heavy atom. The minimum Gasteiger partial charge on any atom is -0.456 e. The highest BCUT2D eigenvalue weighted by atomic mass is 16.3. The van der Waals surface area contributed by atoms with E-state index in [0.717, 1.165) is 99.1 Å². The molecule has 0 amide bonds. The maximum atomic E-state index is 6.33. The Morgan fingerprint density at radius 2 is 0.933 bits per heavy atom. The smallest absolute Gasteiger partial charge is 0.164 e. The van der Waals surface area contributed by atoms with Crippen LogP contribution in [0.5, 0.6) is 0 Å². The number of para-hydroxylation sites is 2. The van der Waals surface area contributed by atoms with E-state index in [1.165, 1.54) is 0 Å². The van der Waals surface area contributed by atoms with Crippen molar-refractivity contribution in [2.45, 2.75) is 0 Å². The van der Waals surface area contributed by atoms with Crippen molar-refractivity contribution in [3.05, 3.63) is 194 Å². The molecule has 0 N–H and O–H groups in total. The van der Waals surface area contributed by atoms with E-state index in [0.29, 0.717) is 17.5 Å². The van der Waals surface area contributed by atoms with Crippen LogP contribution in [-0.4, -0.2) is 29.9 Å². The third-order valence-electron chi connectivity index (χ3n) is 11.3. The lowest BCUT2D eigenvalue weighted by Crippen LogP contribution is -2.02. The second-order valence-corrected chi connectivity index (χ2v) is 14.9. The topological polar surface area (TPSA) is 82.5 Å². The first kappa shape index (κ1) is 33.8. The van der Waals surface area contributed by atoms with E-state index in [4.69, 9.17) is 29.6 Å². The summed E-state index contributed by atoms with van der Waals surface area (Å²) in [6, 6.07) is 66.5. The van der Waals surface area contributed by atoms with Gasteiger partial charge in [-0.1, -0.05) is 158 Å². The third-order valence-corrected chi connectivity index (χ3v) is 11.3. The highest BCUT2D eigenvalue weighted by molar-refractivity contribution is 6.19. The molecule has 0 radical (unpaired) electrons. The summed E-state index contributed by atoms with van der Waals surface area (Å²) in [5, 5.41) is 16.3. The van der Waals surface area contributed by atoms with E-state index in [1.54, 1.807) is 4.80 Å². The van der Waals surface area contributed by atoms with Crippen LogP contribution in [0, 0.1) is 0 Å². The zero-order chi connectivity index (χ0) is 39.6. The first-order valence-corrected chi connectivity index (χ1v) is 19.9. The van der Waals surface area contributed by atoms with Gasteiger partial charge in [0.25, 0.3) is 0 Å². The maximum Gasteiger partial charge on any atom is 0.164 e. The number of nitrogens with zero attached hydrogens (tertiary/aromatic N) is 6. The molecule has 0 unspecified atom stereocenters. The van der Waals surface area contributed by atoms with Crippen LogP contribution in [0.3, 0.4) is 0 Å². The molecule has 12 aromatic rings. The molecule has 3 aromatic heterocycles. The second-order valence-electron chi connectivity index (χ2n) is 14.9. The second kappa shape index (κ2) is 13.7. The number of benzene rings is 9. The SMILES string of the molecule is c1ccc(-c2ccccc2-c2nc(-c3ccccc3-c3ccc4ccc5ccc6nn(-c7ccccc7)nc6c5c4c3)nc(-c3cccc4oc5ccccc5c34)n2)cc1. The molecule has 0 saturated heterocycles. The van der Waals surface area contributed by atoms with Gasteiger partial charge in [-0.2, -0.15) is 4.80 Å². The molecule has 0 fully saturated rings. The van der Waals surface area contributed by atoms with Gasteiger partial charge in [-0.15, -0.1) is 10.2 Å². The van der Waals surface area contributed by atoms with E-state index in [1.807, 2.05) is 84.9 Å².